The van der Waals surface area contributed by atoms with E-state index in [1.165, 1.54) is 13.0 Å². The van der Waals surface area contributed by atoms with E-state index in [2.05, 4.69) is 4.74 Å². The number of carbonyl (C=O) groups excluding carboxylic acids is 1. The second-order valence-corrected chi connectivity index (χ2v) is 2.77. The van der Waals surface area contributed by atoms with Crippen LogP contribution >= 0.6 is 0 Å². The van der Waals surface area contributed by atoms with Crippen molar-refractivity contribution >= 4 is 5.78 Å². The largest absolute Gasteiger partial charge is 0.434 e. The minimum Gasteiger partial charge on any atom is -0.434 e. The molecule has 0 spiro atoms. The van der Waals surface area contributed by atoms with Crippen LogP contribution in [0.15, 0.2) is 18.2 Å². The zero-order valence-electron chi connectivity index (χ0n) is 7.97. The van der Waals surface area contributed by atoms with Gasteiger partial charge in [-0.15, -0.1) is 0 Å². The van der Waals surface area contributed by atoms with Crippen LogP contribution in [0.5, 0.6) is 5.75 Å². The molecule has 0 amide bonds. The van der Waals surface area contributed by atoms with Crippen molar-refractivity contribution in [2.75, 3.05) is 0 Å². The van der Waals surface area contributed by atoms with E-state index in [1.54, 1.807) is 0 Å². The van der Waals surface area contributed by atoms with Crippen molar-refractivity contribution in [1.29, 1.82) is 0 Å². The zero-order valence-corrected chi connectivity index (χ0v) is 7.97. The summed E-state index contributed by atoms with van der Waals surface area (Å²) in [6, 6.07) is 3.37. The number of ketones is 1. The van der Waals surface area contributed by atoms with E-state index >= 15 is 0 Å². The highest BCUT2D eigenvalue weighted by atomic mass is 19.3. The molecule has 0 atom stereocenters. The average molecular weight is 218 g/mol. The highest BCUT2D eigenvalue weighted by Gasteiger charge is 2.18. The van der Waals surface area contributed by atoms with Crippen molar-refractivity contribution < 1.29 is 22.7 Å². The molecule has 15 heavy (non-hydrogen) atoms. The van der Waals surface area contributed by atoms with Crippen LogP contribution in [0.25, 0.3) is 0 Å². The molecule has 0 bridgehead atoms. The summed E-state index contributed by atoms with van der Waals surface area (Å²) < 4.78 is 41.1. The molecule has 0 heterocycles. The van der Waals surface area contributed by atoms with E-state index in [4.69, 9.17) is 0 Å². The standard InChI is InChI=1S/C10H9F3O2/c1-2-7(14)9-6(11)4-3-5-8(9)15-10(12)13/h3-5,10H,2H2,1H3. The van der Waals surface area contributed by atoms with Gasteiger partial charge in [0.1, 0.15) is 11.6 Å². The summed E-state index contributed by atoms with van der Waals surface area (Å²) in [6.07, 6.45) is 0.0283. The average Bonchev–Trinajstić information content (AvgIpc) is 2.16. The molecule has 1 aromatic rings. The monoisotopic (exact) mass is 218 g/mol. The maximum atomic E-state index is 13.2. The van der Waals surface area contributed by atoms with Crippen molar-refractivity contribution in [3.05, 3.63) is 29.6 Å². The predicted octanol–water partition coefficient (Wildman–Crippen LogP) is 3.02. The molecule has 0 aliphatic carbocycles. The SMILES string of the molecule is CCC(=O)c1c(F)cccc1OC(F)F. The third-order valence-corrected chi connectivity index (χ3v) is 1.79. The van der Waals surface area contributed by atoms with Crippen molar-refractivity contribution in [3.63, 3.8) is 0 Å². The lowest BCUT2D eigenvalue weighted by atomic mass is 10.1. The topological polar surface area (TPSA) is 26.3 Å². The number of halogens is 3. The molecule has 1 rings (SSSR count). The van der Waals surface area contributed by atoms with E-state index in [-0.39, 0.29) is 6.42 Å². The molecular weight excluding hydrogens is 209 g/mol. The molecule has 0 aromatic heterocycles. The van der Waals surface area contributed by atoms with E-state index in [1.807, 2.05) is 0 Å². The molecule has 0 saturated carbocycles. The smallest absolute Gasteiger partial charge is 0.387 e. The van der Waals surface area contributed by atoms with Crippen LogP contribution in [0.2, 0.25) is 0 Å². The van der Waals surface area contributed by atoms with Gasteiger partial charge in [0.15, 0.2) is 5.78 Å². The van der Waals surface area contributed by atoms with Gasteiger partial charge in [0.25, 0.3) is 0 Å². The van der Waals surface area contributed by atoms with Crippen LogP contribution < -0.4 is 4.74 Å². The molecule has 5 heteroatoms. The number of rotatable bonds is 4. The fourth-order valence-corrected chi connectivity index (χ4v) is 1.15. The van der Waals surface area contributed by atoms with Gasteiger partial charge >= 0.3 is 6.61 Å². The summed E-state index contributed by atoms with van der Waals surface area (Å²) in [5, 5.41) is 0. The van der Waals surface area contributed by atoms with Gasteiger partial charge < -0.3 is 4.74 Å². The molecular formula is C10H9F3O2. The van der Waals surface area contributed by atoms with Crippen LogP contribution in [0.3, 0.4) is 0 Å². The second kappa shape index (κ2) is 4.82. The Balaban J connectivity index is 3.14. The maximum Gasteiger partial charge on any atom is 0.387 e. The molecule has 1 aromatic carbocycles. The highest BCUT2D eigenvalue weighted by molar-refractivity contribution is 5.98. The fraction of sp³-hybridized carbons (Fsp3) is 0.300. The Morgan fingerprint density at radius 1 is 1.47 bits per heavy atom. The molecule has 0 aliphatic rings. The third kappa shape index (κ3) is 2.71. The quantitative estimate of drug-likeness (QED) is 0.726. The molecule has 0 N–H and O–H groups in total. The van der Waals surface area contributed by atoms with Gasteiger partial charge in [0.05, 0.1) is 5.56 Å². The number of hydrogen-bond donors (Lipinski definition) is 0. The minimum absolute atomic E-state index is 0.0283. The second-order valence-electron chi connectivity index (χ2n) is 2.77. The molecule has 0 aliphatic heterocycles. The summed E-state index contributed by atoms with van der Waals surface area (Å²) in [4.78, 5) is 11.3. The molecule has 0 fully saturated rings. The van der Waals surface area contributed by atoms with Gasteiger partial charge in [-0.1, -0.05) is 13.0 Å². The summed E-state index contributed by atoms with van der Waals surface area (Å²) in [6.45, 7) is -1.56. The van der Waals surface area contributed by atoms with Crippen LogP contribution in [0.1, 0.15) is 23.7 Å². The van der Waals surface area contributed by atoms with Crippen molar-refractivity contribution in [3.8, 4) is 5.75 Å². The Morgan fingerprint density at radius 3 is 2.67 bits per heavy atom. The summed E-state index contributed by atoms with van der Waals surface area (Å²) >= 11 is 0. The van der Waals surface area contributed by atoms with Crippen LogP contribution in [0, 0.1) is 5.82 Å². The summed E-state index contributed by atoms with van der Waals surface area (Å²) in [5.41, 5.74) is -0.416. The number of benzene rings is 1. The first-order valence-electron chi connectivity index (χ1n) is 4.32. The van der Waals surface area contributed by atoms with Crippen LogP contribution in [0.4, 0.5) is 13.2 Å². The number of Topliss-reactive ketones (excluding diaryl/α,β-unsaturated/α-hetero) is 1. The lowest BCUT2D eigenvalue weighted by molar-refractivity contribution is -0.0503. The summed E-state index contributed by atoms with van der Waals surface area (Å²) in [5.74, 6) is -1.83. The number of alkyl halides is 2. The Bertz CT molecular complexity index is 364. The first-order chi connectivity index (χ1) is 7.06. The summed E-state index contributed by atoms with van der Waals surface area (Å²) in [7, 11) is 0. The molecule has 2 nitrogen and oxygen atoms in total. The molecule has 0 radical (unpaired) electrons. The first kappa shape index (κ1) is 11.6. The van der Waals surface area contributed by atoms with Crippen molar-refractivity contribution in [1.82, 2.24) is 0 Å². The molecule has 82 valence electrons. The molecule has 0 unspecified atom stereocenters. The Kier molecular flexibility index (Phi) is 3.71. The lowest BCUT2D eigenvalue weighted by Gasteiger charge is -2.09. The van der Waals surface area contributed by atoms with Gasteiger partial charge in [-0.05, 0) is 12.1 Å². The van der Waals surface area contributed by atoms with Crippen molar-refractivity contribution in [2.24, 2.45) is 0 Å². The number of ether oxygens (including phenoxy) is 1. The fourth-order valence-electron chi connectivity index (χ4n) is 1.15. The normalized spacial score (nSPS) is 10.5. The third-order valence-electron chi connectivity index (χ3n) is 1.79. The van der Waals surface area contributed by atoms with Crippen molar-refractivity contribution in [2.45, 2.75) is 20.0 Å². The maximum absolute atomic E-state index is 13.2. The Labute approximate surface area is 84.7 Å². The number of carbonyl (C=O) groups is 1. The van der Waals surface area contributed by atoms with Gasteiger partial charge in [-0.25, -0.2) is 4.39 Å². The van der Waals surface area contributed by atoms with E-state index in [0.29, 0.717) is 0 Å². The van der Waals surface area contributed by atoms with E-state index in [0.717, 1.165) is 12.1 Å². The predicted molar refractivity (Wildman–Crippen MR) is 47.7 cm³/mol. The van der Waals surface area contributed by atoms with Gasteiger partial charge in [-0.2, -0.15) is 8.78 Å². The first-order valence-corrected chi connectivity index (χ1v) is 4.32. The van der Waals surface area contributed by atoms with Gasteiger partial charge in [0, 0.05) is 6.42 Å². The molecule has 0 saturated heterocycles. The lowest BCUT2D eigenvalue weighted by Crippen LogP contribution is -2.09. The van der Waals surface area contributed by atoms with Gasteiger partial charge in [-0.3, -0.25) is 4.79 Å². The zero-order chi connectivity index (χ0) is 11.4. The Hall–Kier alpha value is -1.52. The van der Waals surface area contributed by atoms with Crippen LogP contribution in [-0.4, -0.2) is 12.4 Å². The van der Waals surface area contributed by atoms with Crippen LogP contribution in [-0.2, 0) is 0 Å². The highest BCUT2D eigenvalue weighted by Crippen LogP contribution is 2.24. The minimum atomic E-state index is -3.07. The number of hydrogen-bond acceptors (Lipinski definition) is 2. The van der Waals surface area contributed by atoms with E-state index < -0.39 is 29.5 Å². The Morgan fingerprint density at radius 2 is 2.13 bits per heavy atom. The van der Waals surface area contributed by atoms with Gasteiger partial charge in [0.2, 0.25) is 0 Å². The van der Waals surface area contributed by atoms with E-state index in [9.17, 15) is 18.0 Å².